The van der Waals surface area contributed by atoms with Crippen LogP contribution in [0.1, 0.15) is 54.9 Å². The van der Waals surface area contributed by atoms with E-state index in [0.717, 1.165) is 24.0 Å². The Morgan fingerprint density at radius 1 is 1.21 bits per heavy atom. The normalized spacial score (nSPS) is 14.3. The van der Waals surface area contributed by atoms with Crippen LogP contribution in [0.4, 0.5) is 0 Å². The standard InChI is InChI=1S/C25H24ClN3O4S/c1-25(2,18-11-16(13-27)24(22(26)12-18)33-21-7-8-21)17-3-5-20(6-4-17)32-14-19-9-10-28-23(29-19)15-34(30)31/h3-6,9-12,21H,7-8,14-15H2,1-2H3,(H,30,31)/p-1. The molecule has 9 heteroatoms. The molecule has 3 aromatic rings. The highest BCUT2D eigenvalue weighted by molar-refractivity contribution is 7.78. The summed E-state index contributed by atoms with van der Waals surface area (Å²) < 4.78 is 33.4. The Balaban J connectivity index is 1.48. The second-order valence-corrected chi connectivity index (χ2v) is 9.92. The van der Waals surface area contributed by atoms with Crippen LogP contribution in [0.2, 0.25) is 5.02 Å². The van der Waals surface area contributed by atoms with Gasteiger partial charge in [0, 0.05) is 11.6 Å². The van der Waals surface area contributed by atoms with Gasteiger partial charge >= 0.3 is 0 Å². The number of aromatic nitrogens is 2. The van der Waals surface area contributed by atoms with Gasteiger partial charge in [0.1, 0.15) is 24.3 Å². The lowest BCUT2D eigenvalue weighted by Crippen LogP contribution is -2.19. The third-order valence-corrected chi connectivity index (χ3v) is 6.44. The van der Waals surface area contributed by atoms with E-state index in [9.17, 15) is 14.0 Å². The molecule has 1 atom stereocenters. The number of rotatable bonds is 9. The van der Waals surface area contributed by atoms with Crippen LogP contribution in [0.5, 0.6) is 11.5 Å². The highest BCUT2D eigenvalue weighted by Gasteiger charge is 2.29. The maximum atomic E-state index is 10.8. The van der Waals surface area contributed by atoms with Crippen LogP contribution in [0.15, 0.2) is 48.7 Å². The van der Waals surface area contributed by atoms with Crippen molar-refractivity contribution in [2.75, 3.05) is 0 Å². The lowest BCUT2D eigenvalue weighted by molar-refractivity contribution is 0.300. The Morgan fingerprint density at radius 2 is 1.94 bits per heavy atom. The van der Waals surface area contributed by atoms with E-state index in [4.69, 9.17) is 21.1 Å². The number of nitriles is 1. The summed E-state index contributed by atoms with van der Waals surface area (Å²) in [4.78, 5) is 8.15. The smallest absolute Gasteiger partial charge is 0.156 e. The number of hydrogen-bond acceptors (Lipinski definition) is 7. The minimum absolute atomic E-state index is 0.153. The zero-order chi connectivity index (χ0) is 24.3. The first kappa shape index (κ1) is 24.1. The lowest BCUT2D eigenvalue weighted by atomic mass is 9.77. The van der Waals surface area contributed by atoms with E-state index in [1.54, 1.807) is 6.07 Å². The molecular formula is C25H23ClN3O4S-. The SMILES string of the molecule is CC(C)(c1ccc(OCc2ccnc(CS(=O)[O-])n2)cc1)c1cc(Cl)c(OC2CC2)c(C#N)c1. The number of hydrogen-bond donors (Lipinski definition) is 0. The van der Waals surface area contributed by atoms with E-state index in [1.807, 2.05) is 36.4 Å². The molecule has 1 aromatic heterocycles. The zero-order valence-corrected chi connectivity index (χ0v) is 20.4. The summed E-state index contributed by atoms with van der Waals surface area (Å²) in [5.41, 5.74) is 2.55. The van der Waals surface area contributed by atoms with Crippen molar-refractivity contribution in [3.05, 3.63) is 81.9 Å². The highest BCUT2D eigenvalue weighted by Crippen LogP contribution is 2.40. The Labute approximate surface area is 206 Å². The van der Waals surface area contributed by atoms with Crippen molar-refractivity contribution in [3.8, 4) is 17.6 Å². The van der Waals surface area contributed by atoms with E-state index in [1.165, 1.54) is 6.20 Å². The Morgan fingerprint density at radius 3 is 2.59 bits per heavy atom. The minimum Gasteiger partial charge on any atom is -0.772 e. The van der Waals surface area contributed by atoms with Crippen LogP contribution >= 0.6 is 11.6 Å². The molecule has 1 unspecified atom stereocenters. The Hall–Kier alpha value is -2.99. The Kier molecular flexibility index (Phi) is 7.17. The van der Waals surface area contributed by atoms with Gasteiger partial charge in [-0.2, -0.15) is 5.26 Å². The third-order valence-electron chi connectivity index (χ3n) is 5.67. The number of nitrogens with zero attached hydrogens (tertiary/aromatic N) is 3. The van der Waals surface area contributed by atoms with Gasteiger partial charge in [0.2, 0.25) is 0 Å². The fourth-order valence-electron chi connectivity index (χ4n) is 3.50. The van der Waals surface area contributed by atoms with Crippen LogP contribution in [0.3, 0.4) is 0 Å². The molecule has 34 heavy (non-hydrogen) atoms. The molecule has 0 spiro atoms. The number of halogens is 1. The second-order valence-electron chi connectivity index (χ2n) is 8.61. The molecule has 0 saturated heterocycles. The minimum atomic E-state index is -2.25. The van der Waals surface area contributed by atoms with E-state index in [2.05, 4.69) is 29.9 Å². The fourth-order valence-corrected chi connectivity index (χ4v) is 4.11. The molecule has 1 heterocycles. The number of ether oxygens (including phenoxy) is 2. The van der Waals surface area contributed by atoms with Crippen LogP contribution in [-0.4, -0.2) is 24.8 Å². The quantitative estimate of drug-likeness (QED) is 0.390. The van der Waals surface area contributed by atoms with Crippen molar-refractivity contribution >= 4 is 22.7 Å². The van der Waals surface area contributed by atoms with Gasteiger partial charge in [-0.1, -0.05) is 37.6 Å². The van der Waals surface area contributed by atoms with Gasteiger partial charge < -0.3 is 14.0 Å². The third kappa shape index (κ3) is 5.73. The van der Waals surface area contributed by atoms with E-state index in [-0.39, 0.29) is 24.3 Å². The molecule has 0 radical (unpaired) electrons. The average molecular weight is 497 g/mol. The molecule has 0 N–H and O–H groups in total. The molecule has 0 aliphatic heterocycles. The van der Waals surface area contributed by atoms with Crippen molar-refractivity contribution in [3.63, 3.8) is 0 Å². The van der Waals surface area contributed by atoms with E-state index in [0.29, 0.717) is 27.8 Å². The Bertz CT molecular complexity index is 1250. The van der Waals surface area contributed by atoms with Gasteiger partial charge in [-0.3, -0.25) is 4.21 Å². The van der Waals surface area contributed by atoms with Crippen LogP contribution in [0, 0.1) is 11.3 Å². The maximum absolute atomic E-state index is 10.8. The zero-order valence-electron chi connectivity index (χ0n) is 18.8. The largest absolute Gasteiger partial charge is 0.772 e. The van der Waals surface area contributed by atoms with Gasteiger partial charge in [-0.25, -0.2) is 9.97 Å². The van der Waals surface area contributed by atoms with Crippen molar-refractivity contribution in [2.24, 2.45) is 0 Å². The summed E-state index contributed by atoms with van der Waals surface area (Å²) in [6.45, 7) is 4.33. The summed E-state index contributed by atoms with van der Waals surface area (Å²) in [6, 6.07) is 15.3. The molecule has 1 saturated carbocycles. The van der Waals surface area contributed by atoms with Crippen LogP contribution in [0.25, 0.3) is 0 Å². The van der Waals surface area contributed by atoms with Gasteiger partial charge in [0.15, 0.2) is 5.75 Å². The summed E-state index contributed by atoms with van der Waals surface area (Å²) in [7, 11) is 0. The summed E-state index contributed by atoms with van der Waals surface area (Å²) >= 11 is 4.26. The van der Waals surface area contributed by atoms with E-state index >= 15 is 0 Å². The van der Waals surface area contributed by atoms with Gasteiger partial charge in [-0.05, 0) is 65.4 Å². The molecule has 1 aliphatic rings. The molecular weight excluding hydrogens is 474 g/mol. The molecule has 2 aromatic carbocycles. The van der Waals surface area contributed by atoms with Crippen LogP contribution in [-0.2, 0) is 28.9 Å². The predicted octanol–water partition coefficient (Wildman–Crippen LogP) is 4.83. The first-order valence-corrected chi connectivity index (χ1v) is 12.4. The molecule has 0 amide bonds. The molecule has 176 valence electrons. The lowest BCUT2D eigenvalue weighted by Gasteiger charge is -2.27. The summed E-state index contributed by atoms with van der Waals surface area (Å²) in [5, 5.41) is 10.1. The molecule has 1 aliphatic carbocycles. The molecule has 4 rings (SSSR count). The van der Waals surface area contributed by atoms with Gasteiger partial charge in [0.05, 0.1) is 28.1 Å². The van der Waals surface area contributed by atoms with E-state index < -0.39 is 16.5 Å². The molecule has 7 nitrogen and oxygen atoms in total. The average Bonchev–Trinajstić information content (AvgIpc) is 3.63. The maximum Gasteiger partial charge on any atom is 0.156 e. The summed E-state index contributed by atoms with van der Waals surface area (Å²) in [6.07, 6.45) is 3.65. The van der Waals surface area contributed by atoms with Crippen molar-refractivity contribution < 1.29 is 18.2 Å². The van der Waals surface area contributed by atoms with Crippen LogP contribution < -0.4 is 9.47 Å². The fraction of sp³-hybridized carbons (Fsp3) is 0.320. The monoisotopic (exact) mass is 496 g/mol. The molecule has 1 fully saturated rings. The first-order valence-electron chi connectivity index (χ1n) is 10.8. The van der Waals surface area contributed by atoms with Crippen molar-refractivity contribution in [1.82, 2.24) is 9.97 Å². The number of benzene rings is 2. The topological polar surface area (TPSA) is 108 Å². The van der Waals surface area contributed by atoms with Crippen molar-refractivity contribution in [2.45, 2.75) is 50.6 Å². The molecule has 0 bridgehead atoms. The second kappa shape index (κ2) is 10.1. The highest BCUT2D eigenvalue weighted by atomic mass is 35.5. The van der Waals surface area contributed by atoms with Gasteiger partial charge in [0.25, 0.3) is 0 Å². The first-order chi connectivity index (χ1) is 16.3. The predicted molar refractivity (Wildman–Crippen MR) is 127 cm³/mol. The van der Waals surface area contributed by atoms with Crippen molar-refractivity contribution in [1.29, 1.82) is 5.26 Å². The summed E-state index contributed by atoms with van der Waals surface area (Å²) in [5.74, 6) is 1.11. The van der Waals surface area contributed by atoms with Gasteiger partial charge in [-0.15, -0.1) is 0 Å².